The highest BCUT2D eigenvalue weighted by Gasteiger charge is 2.20. The second kappa shape index (κ2) is 8.71. The molecule has 3 aromatic rings. The fraction of sp³-hybridized carbons (Fsp3) is 0.158. The molecule has 2 aromatic carbocycles. The van der Waals surface area contributed by atoms with E-state index in [1.807, 2.05) is 28.8 Å². The maximum Gasteiger partial charge on any atom is 0.310 e. The number of hydrogen-bond acceptors (Lipinski definition) is 3. The van der Waals surface area contributed by atoms with Crippen molar-refractivity contribution in [3.63, 3.8) is 0 Å². The summed E-state index contributed by atoms with van der Waals surface area (Å²) in [7, 11) is 0. The molecule has 0 radical (unpaired) electrons. The first-order valence-corrected chi connectivity index (χ1v) is 9.41. The first kappa shape index (κ1) is 19.0. The monoisotopic (exact) mass is 452 g/mol. The number of rotatable bonds is 6. The minimum Gasteiger partial charge on any atom is -0.455 e. The topological polar surface area (TPSA) is 44.1 Å². The van der Waals surface area contributed by atoms with E-state index >= 15 is 0 Å². The van der Waals surface area contributed by atoms with Crippen LogP contribution >= 0.6 is 39.1 Å². The van der Waals surface area contributed by atoms with Crippen LogP contribution in [0.5, 0.6) is 0 Å². The first-order valence-electron chi connectivity index (χ1n) is 7.86. The summed E-state index contributed by atoms with van der Waals surface area (Å²) in [6.45, 7) is 0.410. The molecule has 0 aliphatic carbocycles. The van der Waals surface area contributed by atoms with Gasteiger partial charge in [0.05, 0.1) is 19.3 Å². The molecular weight excluding hydrogens is 439 g/mol. The second-order valence-corrected chi connectivity index (χ2v) is 7.47. The molecule has 4 nitrogen and oxygen atoms in total. The van der Waals surface area contributed by atoms with Gasteiger partial charge in [-0.25, -0.2) is 4.98 Å². The van der Waals surface area contributed by atoms with Gasteiger partial charge in [0.15, 0.2) is 0 Å². The van der Waals surface area contributed by atoms with Gasteiger partial charge in [0.25, 0.3) is 0 Å². The molecule has 0 bridgehead atoms. The number of ether oxygens (including phenoxy) is 1. The van der Waals surface area contributed by atoms with E-state index in [1.165, 1.54) is 0 Å². The molecule has 1 heterocycles. The van der Waals surface area contributed by atoms with Gasteiger partial charge in [-0.1, -0.05) is 57.3 Å². The van der Waals surface area contributed by atoms with Crippen molar-refractivity contribution in [2.45, 2.75) is 19.1 Å². The van der Waals surface area contributed by atoms with Crippen molar-refractivity contribution < 1.29 is 9.53 Å². The Balaban J connectivity index is 1.78. The number of imidazole rings is 1. The fourth-order valence-electron chi connectivity index (χ4n) is 2.52. The summed E-state index contributed by atoms with van der Waals surface area (Å²) in [6.07, 6.45) is 4.78. The minimum atomic E-state index is -0.545. The summed E-state index contributed by atoms with van der Waals surface area (Å²) in [6, 6.07) is 12.7. The summed E-state index contributed by atoms with van der Waals surface area (Å²) in [5, 5.41) is 0.986. The molecule has 3 rings (SSSR count). The number of benzene rings is 2. The van der Waals surface area contributed by atoms with E-state index < -0.39 is 6.10 Å². The molecule has 0 fully saturated rings. The molecule has 1 aromatic heterocycles. The first-order chi connectivity index (χ1) is 12.5. The Morgan fingerprint density at radius 2 is 1.96 bits per heavy atom. The third kappa shape index (κ3) is 5.10. The number of halogens is 3. The average Bonchev–Trinajstić information content (AvgIpc) is 3.09. The van der Waals surface area contributed by atoms with Crippen LogP contribution in [0.1, 0.15) is 17.2 Å². The third-order valence-electron chi connectivity index (χ3n) is 3.78. The van der Waals surface area contributed by atoms with Crippen LogP contribution in [0.4, 0.5) is 0 Å². The Bertz CT molecular complexity index is 883. The summed E-state index contributed by atoms with van der Waals surface area (Å²) >= 11 is 15.7. The number of aromatic nitrogens is 2. The molecule has 0 saturated heterocycles. The molecule has 0 saturated carbocycles. The van der Waals surface area contributed by atoms with E-state index in [0.717, 1.165) is 10.0 Å². The van der Waals surface area contributed by atoms with Crippen LogP contribution in [0.3, 0.4) is 0 Å². The highest BCUT2D eigenvalue weighted by atomic mass is 79.9. The fourth-order valence-corrected chi connectivity index (χ4v) is 3.31. The van der Waals surface area contributed by atoms with Gasteiger partial charge >= 0.3 is 5.97 Å². The standard InChI is InChI=1S/C19H15BrCl2N2O2/c20-14-3-1-13(2-4-14)9-19(25)26-18(11-24-8-7-23-12-24)16-6-5-15(21)10-17(16)22/h1-8,10,12,18H,9,11H2. The van der Waals surface area contributed by atoms with E-state index in [9.17, 15) is 4.79 Å². The molecule has 26 heavy (non-hydrogen) atoms. The highest BCUT2D eigenvalue weighted by molar-refractivity contribution is 9.10. The SMILES string of the molecule is O=C(Cc1ccc(Br)cc1)OC(Cn1ccnc1)c1ccc(Cl)cc1Cl. The van der Waals surface area contributed by atoms with Gasteiger partial charge in [-0.05, 0) is 29.8 Å². The van der Waals surface area contributed by atoms with Gasteiger partial charge in [-0.3, -0.25) is 4.79 Å². The Hall–Kier alpha value is -1.82. The van der Waals surface area contributed by atoms with Crippen molar-refractivity contribution in [3.05, 3.63) is 86.8 Å². The van der Waals surface area contributed by atoms with Crippen molar-refractivity contribution in [1.29, 1.82) is 0 Å². The van der Waals surface area contributed by atoms with Crippen LogP contribution in [0.2, 0.25) is 10.0 Å². The molecule has 1 unspecified atom stereocenters. The summed E-state index contributed by atoms with van der Waals surface area (Å²) < 4.78 is 8.53. The molecular formula is C19H15BrCl2N2O2. The number of nitrogens with zero attached hydrogens (tertiary/aromatic N) is 2. The maximum absolute atomic E-state index is 12.5. The molecule has 0 aliphatic heterocycles. The van der Waals surface area contributed by atoms with Crippen LogP contribution in [-0.2, 0) is 22.5 Å². The molecule has 0 aliphatic rings. The van der Waals surface area contributed by atoms with E-state index in [1.54, 1.807) is 36.9 Å². The van der Waals surface area contributed by atoms with Crippen molar-refractivity contribution in [2.75, 3.05) is 0 Å². The van der Waals surface area contributed by atoms with Gasteiger partial charge in [-0.2, -0.15) is 0 Å². The number of carbonyl (C=O) groups excluding carboxylic acids is 1. The van der Waals surface area contributed by atoms with E-state index in [4.69, 9.17) is 27.9 Å². The summed E-state index contributed by atoms with van der Waals surface area (Å²) in [5.41, 5.74) is 1.58. The molecule has 0 N–H and O–H groups in total. The highest BCUT2D eigenvalue weighted by Crippen LogP contribution is 2.30. The van der Waals surface area contributed by atoms with Crippen LogP contribution in [-0.4, -0.2) is 15.5 Å². The lowest BCUT2D eigenvalue weighted by Gasteiger charge is -2.20. The molecule has 0 amide bonds. The summed E-state index contributed by atoms with van der Waals surface area (Å²) in [5.74, 6) is -0.330. The normalized spacial score (nSPS) is 12.0. The lowest BCUT2D eigenvalue weighted by Crippen LogP contribution is -2.18. The third-order valence-corrected chi connectivity index (χ3v) is 4.87. The van der Waals surface area contributed by atoms with Crippen molar-refractivity contribution in [1.82, 2.24) is 9.55 Å². The molecule has 0 spiro atoms. The van der Waals surface area contributed by atoms with Crippen molar-refractivity contribution >= 4 is 45.1 Å². The minimum absolute atomic E-state index is 0.179. The van der Waals surface area contributed by atoms with Gasteiger partial charge in [0, 0.05) is 32.5 Å². The molecule has 1 atom stereocenters. The zero-order chi connectivity index (χ0) is 18.5. The Labute approximate surface area is 169 Å². The number of hydrogen-bond donors (Lipinski definition) is 0. The number of carbonyl (C=O) groups is 1. The quantitative estimate of drug-likeness (QED) is 0.464. The van der Waals surface area contributed by atoms with E-state index in [0.29, 0.717) is 22.2 Å². The Morgan fingerprint density at radius 1 is 1.19 bits per heavy atom. The van der Waals surface area contributed by atoms with Gasteiger partial charge < -0.3 is 9.30 Å². The van der Waals surface area contributed by atoms with Crippen LogP contribution in [0.15, 0.2) is 65.7 Å². The lowest BCUT2D eigenvalue weighted by atomic mass is 10.1. The Kier molecular flexibility index (Phi) is 6.35. The van der Waals surface area contributed by atoms with E-state index in [-0.39, 0.29) is 12.4 Å². The van der Waals surface area contributed by atoms with Crippen LogP contribution in [0.25, 0.3) is 0 Å². The van der Waals surface area contributed by atoms with Gasteiger partial charge in [-0.15, -0.1) is 0 Å². The van der Waals surface area contributed by atoms with Crippen LogP contribution < -0.4 is 0 Å². The Morgan fingerprint density at radius 3 is 2.62 bits per heavy atom. The summed E-state index contributed by atoms with van der Waals surface area (Å²) in [4.78, 5) is 16.5. The average molecular weight is 454 g/mol. The second-order valence-electron chi connectivity index (χ2n) is 5.71. The smallest absolute Gasteiger partial charge is 0.310 e. The molecule has 134 valence electrons. The lowest BCUT2D eigenvalue weighted by molar-refractivity contribution is -0.149. The zero-order valence-corrected chi connectivity index (χ0v) is 16.7. The van der Waals surface area contributed by atoms with Gasteiger partial charge in [0.1, 0.15) is 6.10 Å². The van der Waals surface area contributed by atoms with Crippen LogP contribution in [0, 0.1) is 0 Å². The largest absolute Gasteiger partial charge is 0.455 e. The molecule has 7 heteroatoms. The van der Waals surface area contributed by atoms with Crippen molar-refractivity contribution in [2.24, 2.45) is 0 Å². The maximum atomic E-state index is 12.5. The van der Waals surface area contributed by atoms with Crippen molar-refractivity contribution in [3.8, 4) is 0 Å². The van der Waals surface area contributed by atoms with Gasteiger partial charge in [0.2, 0.25) is 0 Å². The van der Waals surface area contributed by atoms with E-state index in [2.05, 4.69) is 20.9 Å². The zero-order valence-electron chi connectivity index (χ0n) is 13.6. The predicted octanol–water partition coefficient (Wildman–Crippen LogP) is 5.48. The number of esters is 1. The predicted molar refractivity (Wildman–Crippen MR) is 105 cm³/mol.